The highest BCUT2D eigenvalue weighted by Gasteiger charge is 1.97. The summed E-state index contributed by atoms with van der Waals surface area (Å²) in [4.78, 5) is 10.6. The molecule has 0 aliphatic carbocycles. The van der Waals surface area contributed by atoms with Crippen molar-refractivity contribution in [1.29, 1.82) is 0 Å². The van der Waals surface area contributed by atoms with E-state index < -0.39 is 5.97 Å². The second kappa shape index (κ2) is 26.8. The summed E-state index contributed by atoms with van der Waals surface area (Å²) in [5, 5.41) is 8.74. The van der Waals surface area contributed by atoms with Gasteiger partial charge in [-0.3, -0.25) is 4.79 Å². The van der Waals surface area contributed by atoms with Crippen LogP contribution >= 0.6 is 0 Å². The number of carbonyl (C=O) groups is 1. The number of hydrogen-bond acceptors (Lipinski definition) is 1. The van der Waals surface area contributed by atoms with E-state index in [1.165, 1.54) is 63.8 Å². The molecule has 248 valence electrons. The first kappa shape index (κ1) is 41.4. The highest BCUT2D eigenvalue weighted by molar-refractivity contribution is 5.66. The summed E-state index contributed by atoms with van der Waals surface area (Å²) in [6, 6.07) is 0. The number of carboxylic acid groups (broad SMARTS) is 1. The standard InChI is InChI=1S/C42H68O2/c1-34(2)18-10-19-35(3)20-11-21-36(4)22-12-23-37(5)24-13-25-38(6)26-14-27-39(7)28-15-29-40(8)30-16-31-41(9)32-17-33-42(43)44/h18,20,22,24,26,28,30,32H,10-17,19,21,23,25,27,29,31,33H2,1-9H3,(H,43,44). The van der Waals surface area contributed by atoms with Crippen molar-refractivity contribution in [3.63, 3.8) is 0 Å². The van der Waals surface area contributed by atoms with Gasteiger partial charge in [0, 0.05) is 6.42 Å². The maximum Gasteiger partial charge on any atom is 0.303 e. The van der Waals surface area contributed by atoms with E-state index in [0.717, 1.165) is 70.6 Å². The van der Waals surface area contributed by atoms with Crippen LogP contribution in [0.2, 0.25) is 0 Å². The number of allylic oxidation sites excluding steroid dienone is 16. The van der Waals surface area contributed by atoms with Crippen LogP contribution in [0.15, 0.2) is 93.2 Å². The molecule has 0 fully saturated rings. The third-order valence-electron chi connectivity index (χ3n) is 8.13. The average Bonchev–Trinajstić information content (AvgIpc) is 2.92. The molecule has 1 N–H and O–H groups in total. The van der Waals surface area contributed by atoms with Crippen LogP contribution in [0.5, 0.6) is 0 Å². The molecule has 0 saturated heterocycles. The lowest BCUT2D eigenvalue weighted by atomic mass is 10.0. The first-order chi connectivity index (χ1) is 20.9. The number of hydrogen-bond donors (Lipinski definition) is 1. The van der Waals surface area contributed by atoms with Gasteiger partial charge in [0.2, 0.25) is 0 Å². The van der Waals surface area contributed by atoms with Crippen molar-refractivity contribution < 1.29 is 9.90 Å². The Morgan fingerprint density at radius 1 is 0.341 bits per heavy atom. The lowest BCUT2D eigenvalue weighted by molar-refractivity contribution is -0.136. The largest absolute Gasteiger partial charge is 0.481 e. The molecule has 0 atom stereocenters. The fraction of sp³-hybridized carbons (Fsp3) is 0.595. The Labute approximate surface area is 273 Å². The van der Waals surface area contributed by atoms with Crippen LogP contribution in [-0.4, -0.2) is 11.1 Å². The zero-order valence-electron chi connectivity index (χ0n) is 30.3. The minimum absolute atomic E-state index is 0.221. The Hall–Kier alpha value is -2.61. The first-order valence-electron chi connectivity index (χ1n) is 17.3. The third-order valence-corrected chi connectivity index (χ3v) is 8.13. The normalized spacial score (nSPS) is 14.3. The van der Waals surface area contributed by atoms with Crippen molar-refractivity contribution in [3.05, 3.63) is 93.2 Å². The fourth-order valence-electron chi connectivity index (χ4n) is 5.02. The van der Waals surface area contributed by atoms with E-state index >= 15 is 0 Å². The minimum Gasteiger partial charge on any atom is -0.481 e. The Balaban J connectivity index is 4.20. The number of carboxylic acids is 1. The Morgan fingerprint density at radius 3 is 0.705 bits per heavy atom. The molecule has 0 bridgehead atoms. The molecule has 0 heterocycles. The third kappa shape index (κ3) is 28.2. The van der Waals surface area contributed by atoms with Crippen LogP contribution in [0, 0.1) is 0 Å². The molecule has 2 nitrogen and oxygen atoms in total. The van der Waals surface area contributed by atoms with Gasteiger partial charge in [-0.1, -0.05) is 93.2 Å². The summed E-state index contributed by atoms with van der Waals surface area (Å²) in [5.41, 5.74) is 11.7. The van der Waals surface area contributed by atoms with Crippen molar-refractivity contribution in [2.45, 2.75) is 165 Å². The predicted octanol–water partition coefficient (Wildman–Crippen LogP) is 13.9. The smallest absolute Gasteiger partial charge is 0.303 e. The van der Waals surface area contributed by atoms with Gasteiger partial charge in [0.15, 0.2) is 0 Å². The molecule has 0 aliphatic rings. The van der Waals surface area contributed by atoms with E-state index in [9.17, 15) is 4.79 Å². The van der Waals surface area contributed by atoms with Crippen molar-refractivity contribution in [1.82, 2.24) is 0 Å². The topological polar surface area (TPSA) is 37.3 Å². The fourth-order valence-corrected chi connectivity index (χ4v) is 5.02. The Bertz CT molecular complexity index is 1060. The quantitative estimate of drug-likeness (QED) is 0.111. The molecule has 0 aliphatic heterocycles. The van der Waals surface area contributed by atoms with E-state index in [1.54, 1.807) is 0 Å². The summed E-state index contributed by atoms with van der Waals surface area (Å²) in [6.45, 7) is 20.1. The van der Waals surface area contributed by atoms with Gasteiger partial charge in [-0.25, -0.2) is 0 Å². The van der Waals surface area contributed by atoms with E-state index in [-0.39, 0.29) is 6.42 Å². The highest BCUT2D eigenvalue weighted by atomic mass is 16.4. The molecule has 0 radical (unpaired) electrons. The lowest BCUT2D eigenvalue weighted by Gasteiger charge is -2.04. The molecule has 0 aromatic rings. The lowest BCUT2D eigenvalue weighted by Crippen LogP contribution is -1.92. The maximum absolute atomic E-state index is 10.6. The van der Waals surface area contributed by atoms with Gasteiger partial charge in [0.1, 0.15) is 0 Å². The van der Waals surface area contributed by atoms with Gasteiger partial charge in [0.05, 0.1) is 0 Å². The van der Waals surface area contributed by atoms with Gasteiger partial charge in [-0.2, -0.15) is 0 Å². The molecule has 0 saturated carbocycles. The zero-order chi connectivity index (χ0) is 33.2. The molecular formula is C42H68O2. The molecule has 44 heavy (non-hydrogen) atoms. The monoisotopic (exact) mass is 605 g/mol. The van der Waals surface area contributed by atoms with E-state index in [2.05, 4.69) is 111 Å². The molecule has 0 spiro atoms. The molecular weight excluding hydrogens is 536 g/mol. The highest BCUT2D eigenvalue weighted by Crippen LogP contribution is 2.17. The van der Waals surface area contributed by atoms with Crippen molar-refractivity contribution in [3.8, 4) is 0 Å². The van der Waals surface area contributed by atoms with Crippen LogP contribution in [-0.2, 0) is 4.79 Å². The number of rotatable bonds is 24. The second-order valence-electron chi connectivity index (χ2n) is 13.3. The maximum atomic E-state index is 10.6. The SMILES string of the molecule is CC(C)=CCCC(C)=CCCC(C)=CCCC(C)=CCCC(C)=CCCC(C)=CCCC(C)=CCCC(C)=CCCC(=O)O. The molecule has 0 rings (SSSR count). The average molecular weight is 605 g/mol. The summed E-state index contributed by atoms with van der Waals surface area (Å²) in [7, 11) is 0. The van der Waals surface area contributed by atoms with Crippen molar-refractivity contribution in [2.75, 3.05) is 0 Å². The predicted molar refractivity (Wildman–Crippen MR) is 197 cm³/mol. The van der Waals surface area contributed by atoms with Gasteiger partial charge in [-0.05, 0) is 159 Å². The van der Waals surface area contributed by atoms with Crippen LogP contribution in [0.25, 0.3) is 0 Å². The van der Waals surface area contributed by atoms with Crippen LogP contribution in [0.3, 0.4) is 0 Å². The first-order valence-corrected chi connectivity index (χ1v) is 17.3. The van der Waals surface area contributed by atoms with Gasteiger partial charge in [0.25, 0.3) is 0 Å². The Kier molecular flexibility index (Phi) is 25.2. The van der Waals surface area contributed by atoms with Crippen molar-refractivity contribution in [2.24, 2.45) is 0 Å². The molecule has 0 aromatic carbocycles. The van der Waals surface area contributed by atoms with Crippen molar-refractivity contribution >= 4 is 5.97 Å². The van der Waals surface area contributed by atoms with E-state index in [0.29, 0.717) is 6.42 Å². The van der Waals surface area contributed by atoms with Crippen LogP contribution < -0.4 is 0 Å². The van der Waals surface area contributed by atoms with Crippen LogP contribution in [0.1, 0.15) is 165 Å². The van der Waals surface area contributed by atoms with Gasteiger partial charge >= 0.3 is 5.97 Å². The van der Waals surface area contributed by atoms with E-state index in [4.69, 9.17) is 5.11 Å². The molecule has 0 aromatic heterocycles. The second-order valence-corrected chi connectivity index (χ2v) is 13.3. The van der Waals surface area contributed by atoms with Crippen LogP contribution in [0.4, 0.5) is 0 Å². The molecule has 2 heteroatoms. The molecule has 0 unspecified atom stereocenters. The summed E-state index contributed by atoms with van der Waals surface area (Å²) < 4.78 is 0. The summed E-state index contributed by atoms with van der Waals surface area (Å²) in [6.07, 6.45) is 35.6. The Morgan fingerprint density at radius 2 is 0.523 bits per heavy atom. The summed E-state index contributed by atoms with van der Waals surface area (Å²) in [5.74, 6) is -0.724. The number of aliphatic carboxylic acids is 1. The zero-order valence-corrected chi connectivity index (χ0v) is 30.3. The van der Waals surface area contributed by atoms with E-state index in [1.807, 2.05) is 0 Å². The summed E-state index contributed by atoms with van der Waals surface area (Å²) >= 11 is 0. The molecule has 0 amide bonds. The van der Waals surface area contributed by atoms with Gasteiger partial charge < -0.3 is 5.11 Å². The van der Waals surface area contributed by atoms with Gasteiger partial charge in [-0.15, -0.1) is 0 Å². The minimum atomic E-state index is -0.724.